The Morgan fingerprint density at radius 1 is 1.50 bits per heavy atom. The highest BCUT2D eigenvalue weighted by Gasteiger charge is 2.27. The third-order valence-corrected chi connectivity index (χ3v) is 4.02. The van der Waals surface area contributed by atoms with E-state index >= 15 is 0 Å². The number of ether oxygens (including phenoxy) is 1. The first-order valence-electron chi connectivity index (χ1n) is 7.41. The van der Waals surface area contributed by atoms with Gasteiger partial charge in [-0.05, 0) is 25.5 Å². The van der Waals surface area contributed by atoms with E-state index in [0.29, 0.717) is 38.7 Å². The van der Waals surface area contributed by atoms with Crippen molar-refractivity contribution in [3.63, 3.8) is 0 Å². The SMILES string of the molecule is O=C(CC1CCCN1)N1CCOC(Cn2cccn2)C1. The zero-order valence-electron chi connectivity index (χ0n) is 11.7. The minimum atomic E-state index is 0.0455. The van der Waals surface area contributed by atoms with Crippen molar-refractivity contribution in [1.82, 2.24) is 20.0 Å². The van der Waals surface area contributed by atoms with Gasteiger partial charge >= 0.3 is 0 Å². The molecule has 3 rings (SSSR count). The first kappa shape index (κ1) is 13.6. The zero-order valence-corrected chi connectivity index (χ0v) is 11.7. The lowest BCUT2D eigenvalue weighted by Gasteiger charge is -2.33. The molecule has 6 nitrogen and oxygen atoms in total. The Bertz CT molecular complexity index is 428. The Morgan fingerprint density at radius 2 is 2.45 bits per heavy atom. The summed E-state index contributed by atoms with van der Waals surface area (Å²) >= 11 is 0. The molecule has 2 unspecified atom stereocenters. The first-order valence-corrected chi connectivity index (χ1v) is 7.41. The van der Waals surface area contributed by atoms with E-state index in [1.807, 2.05) is 21.8 Å². The summed E-state index contributed by atoms with van der Waals surface area (Å²) in [5.41, 5.74) is 0. The van der Waals surface area contributed by atoms with E-state index in [1.165, 1.54) is 6.42 Å². The minimum absolute atomic E-state index is 0.0455. The number of carbonyl (C=O) groups excluding carboxylic acids is 1. The van der Waals surface area contributed by atoms with Crippen molar-refractivity contribution in [2.24, 2.45) is 0 Å². The van der Waals surface area contributed by atoms with Crippen molar-refractivity contribution >= 4 is 5.91 Å². The summed E-state index contributed by atoms with van der Waals surface area (Å²) in [6.07, 6.45) is 6.65. The summed E-state index contributed by atoms with van der Waals surface area (Å²) in [5, 5.41) is 7.57. The summed E-state index contributed by atoms with van der Waals surface area (Å²) < 4.78 is 7.59. The number of amides is 1. The Balaban J connectivity index is 1.50. The summed E-state index contributed by atoms with van der Waals surface area (Å²) in [4.78, 5) is 14.3. The Morgan fingerprint density at radius 3 is 3.20 bits per heavy atom. The number of aromatic nitrogens is 2. The van der Waals surface area contributed by atoms with Crippen molar-refractivity contribution in [3.8, 4) is 0 Å². The maximum Gasteiger partial charge on any atom is 0.224 e. The lowest BCUT2D eigenvalue weighted by Crippen LogP contribution is -2.48. The molecule has 2 atom stereocenters. The molecule has 3 heterocycles. The second-order valence-electron chi connectivity index (χ2n) is 5.56. The monoisotopic (exact) mass is 278 g/mol. The van der Waals surface area contributed by atoms with Crippen LogP contribution in [0.25, 0.3) is 0 Å². The zero-order chi connectivity index (χ0) is 13.8. The van der Waals surface area contributed by atoms with Crippen molar-refractivity contribution in [1.29, 1.82) is 0 Å². The molecule has 0 aliphatic carbocycles. The van der Waals surface area contributed by atoms with Gasteiger partial charge in [0.05, 0.1) is 19.3 Å². The lowest BCUT2D eigenvalue weighted by atomic mass is 10.1. The molecular formula is C14H22N4O2. The van der Waals surface area contributed by atoms with Gasteiger partial charge in [-0.15, -0.1) is 0 Å². The highest BCUT2D eigenvalue weighted by Crippen LogP contribution is 2.13. The van der Waals surface area contributed by atoms with Crippen LogP contribution >= 0.6 is 0 Å². The average Bonchev–Trinajstić information content (AvgIpc) is 3.12. The molecule has 0 spiro atoms. The van der Waals surface area contributed by atoms with Crippen LogP contribution in [0.15, 0.2) is 18.5 Å². The number of carbonyl (C=O) groups is 1. The molecule has 1 N–H and O–H groups in total. The molecule has 1 aromatic rings. The standard InChI is InChI=1S/C14H22N4O2/c19-14(9-12-3-1-4-15-12)17-7-8-20-13(10-17)11-18-6-2-5-16-18/h2,5-6,12-13,15H,1,3-4,7-11H2. The molecule has 0 bridgehead atoms. The third kappa shape index (κ3) is 3.37. The summed E-state index contributed by atoms with van der Waals surface area (Å²) in [6.45, 7) is 3.75. The fourth-order valence-electron chi connectivity index (χ4n) is 2.94. The Kier molecular flexibility index (Phi) is 4.32. The summed E-state index contributed by atoms with van der Waals surface area (Å²) in [5.74, 6) is 0.248. The average molecular weight is 278 g/mol. The molecule has 0 saturated carbocycles. The van der Waals surface area contributed by atoms with Crippen LogP contribution in [0.1, 0.15) is 19.3 Å². The van der Waals surface area contributed by atoms with Crippen LogP contribution in [0.2, 0.25) is 0 Å². The molecule has 2 aliphatic rings. The molecule has 1 aromatic heterocycles. The van der Waals surface area contributed by atoms with Crippen LogP contribution in [0.5, 0.6) is 0 Å². The quantitative estimate of drug-likeness (QED) is 0.858. The fourth-order valence-corrected chi connectivity index (χ4v) is 2.94. The Labute approximate surface area is 119 Å². The van der Waals surface area contributed by atoms with Gasteiger partial charge in [0, 0.05) is 37.9 Å². The number of rotatable bonds is 4. The molecule has 2 aliphatic heterocycles. The van der Waals surface area contributed by atoms with Crippen molar-refractivity contribution in [3.05, 3.63) is 18.5 Å². The van der Waals surface area contributed by atoms with Gasteiger partial charge < -0.3 is 15.0 Å². The lowest BCUT2D eigenvalue weighted by molar-refractivity contribution is -0.139. The second kappa shape index (κ2) is 6.37. The molecule has 110 valence electrons. The number of nitrogens with one attached hydrogen (secondary N) is 1. The van der Waals surface area contributed by atoms with Gasteiger partial charge in [0.2, 0.25) is 5.91 Å². The highest BCUT2D eigenvalue weighted by molar-refractivity contribution is 5.77. The van der Waals surface area contributed by atoms with Gasteiger partial charge in [0.25, 0.3) is 0 Å². The number of hydrogen-bond acceptors (Lipinski definition) is 4. The van der Waals surface area contributed by atoms with Crippen molar-refractivity contribution < 1.29 is 9.53 Å². The van der Waals surface area contributed by atoms with Gasteiger partial charge in [-0.1, -0.05) is 0 Å². The summed E-state index contributed by atoms with van der Waals surface area (Å²) in [6, 6.07) is 2.27. The normalized spacial score (nSPS) is 26.9. The molecular weight excluding hydrogens is 256 g/mol. The molecule has 6 heteroatoms. The second-order valence-corrected chi connectivity index (χ2v) is 5.56. The maximum atomic E-state index is 12.3. The molecule has 2 fully saturated rings. The topological polar surface area (TPSA) is 59.4 Å². The van der Waals surface area contributed by atoms with E-state index in [4.69, 9.17) is 4.74 Å². The van der Waals surface area contributed by atoms with E-state index in [-0.39, 0.29) is 12.0 Å². The predicted molar refractivity (Wildman–Crippen MR) is 74.2 cm³/mol. The maximum absolute atomic E-state index is 12.3. The summed E-state index contributed by atoms with van der Waals surface area (Å²) in [7, 11) is 0. The fraction of sp³-hybridized carbons (Fsp3) is 0.714. The molecule has 0 radical (unpaired) electrons. The van der Waals surface area contributed by atoms with Gasteiger partial charge in [0.1, 0.15) is 0 Å². The van der Waals surface area contributed by atoms with Crippen LogP contribution in [-0.4, -0.2) is 59.0 Å². The Hall–Kier alpha value is -1.40. The smallest absolute Gasteiger partial charge is 0.224 e. The van der Waals surface area contributed by atoms with E-state index in [2.05, 4.69) is 10.4 Å². The van der Waals surface area contributed by atoms with E-state index in [1.54, 1.807) is 6.20 Å². The van der Waals surface area contributed by atoms with Crippen molar-refractivity contribution in [2.45, 2.75) is 38.0 Å². The van der Waals surface area contributed by atoms with Gasteiger partial charge in [0.15, 0.2) is 0 Å². The number of morpholine rings is 1. The highest BCUT2D eigenvalue weighted by atomic mass is 16.5. The van der Waals surface area contributed by atoms with Gasteiger partial charge in [-0.25, -0.2) is 0 Å². The van der Waals surface area contributed by atoms with Crippen LogP contribution in [0.4, 0.5) is 0 Å². The largest absolute Gasteiger partial charge is 0.373 e. The first-order chi connectivity index (χ1) is 9.81. The molecule has 20 heavy (non-hydrogen) atoms. The van der Waals surface area contributed by atoms with Gasteiger partial charge in [-0.3, -0.25) is 9.48 Å². The van der Waals surface area contributed by atoms with Crippen LogP contribution < -0.4 is 5.32 Å². The van der Waals surface area contributed by atoms with E-state index in [0.717, 1.165) is 13.0 Å². The number of nitrogens with zero attached hydrogens (tertiary/aromatic N) is 3. The third-order valence-electron chi connectivity index (χ3n) is 4.02. The van der Waals surface area contributed by atoms with E-state index in [9.17, 15) is 4.79 Å². The van der Waals surface area contributed by atoms with Gasteiger partial charge in [-0.2, -0.15) is 5.10 Å². The van der Waals surface area contributed by atoms with Crippen LogP contribution in [0, 0.1) is 0 Å². The molecule has 1 amide bonds. The van der Waals surface area contributed by atoms with Crippen LogP contribution in [0.3, 0.4) is 0 Å². The van der Waals surface area contributed by atoms with Crippen molar-refractivity contribution in [2.75, 3.05) is 26.2 Å². The number of hydrogen-bond donors (Lipinski definition) is 1. The van der Waals surface area contributed by atoms with Crippen LogP contribution in [-0.2, 0) is 16.1 Å². The molecule has 0 aromatic carbocycles. The van der Waals surface area contributed by atoms with E-state index < -0.39 is 0 Å². The predicted octanol–water partition coefficient (Wildman–Crippen LogP) is 0.253. The minimum Gasteiger partial charge on any atom is -0.373 e. The molecule has 2 saturated heterocycles.